The van der Waals surface area contributed by atoms with Gasteiger partial charge in [-0.15, -0.1) is 10.2 Å². The molecule has 13 nitrogen and oxygen atoms in total. The van der Waals surface area contributed by atoms with Crippen LogP contribution < -0.4 is 20.7 Å². The summed E-state index contributed by atoms with van der Waals surface area (Å²) in [6.45, 7) is 3.91. The van der Waals surface area contributed by atoms with E-state index in [-0.39, 0.29) is 36.2 Å². The molecule has 0 fully saturated rings. The predicted octanol–water partition coefficient (Wildman–Crippen LogP) is 3.49. The average molecular weight is 635 g/mol. The number of aliphatic hydroxyl groups is 1. The highest BCUT2D eigenvalue weighted by Gasteiger charge is 2.29. The quantitative estimate of drug-likeness (QED) is 0.129. The molecule has 13 heteroatoms. The second kappa shape index (κ2) is 15.4. The van der Waals surface area contributed by atoms with Crippen LogP contribution in [0.5, 0.6) is 5.75 Å². The fourth-order valence-corrected chi connectivity index (χ4v) is 4.85. The van der Waals surface area contributed by atoms with Gasteiger partial charge in [0.15, 0.2) is 6.10 Å². The van der Waals surface area contributed by atoms with E-state index in [0.717, 1.165) is 11.1 Å². The number of benzene rings is 3. The summed E-state index contributed by atoms with van der Waals surface area (Å²) in [6, 6.07) is 26.7. The highest BCUT2D eigenvalue weighted by molar-refractivity contribution is 5.98. The van der Waals surface area contributed by atoms with Gasteiger partial charge in [0.05, 0.1) is 18.7 Å². The average Bonchev–Trinajstić information content (AvgIpc) is 3.64. The Morgan fingerprint density at radius 2 is 1.55 bits per heavy atom. The smallest absolute Gasteiger partial charge is 0.270 e. The molecule has 5 aromatic rings. The van der Waals surface area contributed by atoms with Crippen molar-refractivity contribution in [2.45, 2.75) is 38.5 Å². The Morgan fingerprint density at radius 3 is 2.21 bits per heavy atom. The standard InChI is InChI=1S/C34H34N8O5/c1-3-47-26-19-28(32(44)35-21(2)23-13-8-5-9-14-23)37-29(20-26)33(45)38-27(17-22-11-6-4-7-12-22)30(43)34(46)36-25-16-10-15-24(18-25)31-39-41-42-40-31/h4-16,18-21,27,30,43H,3,17H2,1-2H3,(H,35,44)(H,36,46)(H,38,45)(H,39,40,41,42)/t21-,27+,30+/m1/s1. The van der Waals surface area contributed by atoms with Gasteiger partial charge in [0.2, 0.25) is 5.82 Å². The minimum absolute atomic E-state index is 0.0248. The van der Waals surface area contributed by atoms with Gasteiger partial charge >= 0.3 is 0 Å². The summed E-state index contributed by atoms with van der Waals surface area (Å²) in [6.07, 6.45) is -1.55. The van der Waals surface area contributed by atoms with Crippen molar-refractivity contribution in [2.24, 2.45) is 0 Å². The van der Waals surface area contributed by atoms with Gasteiger partial charge < -0.3 is 25.8 Å². The van der Waals surface area contributed by atoms with E-state index in [1.807, 2.05) is 67.6 Å². The van der Waals surface area contributed by atoms with Gasteiger partial charge in [-0.05, 0) is 48.7 Å². The molecule has 0 aliphatic rings. The van der Waals surface area contributed by atoms with Gasteiger partial charge in [-0.3, -0.25) is 14.4 Å². The maximum absolute atomic E-state index is 13.7. The van der Waals surface area contributed by atoms with Gasteiger partial charge in [-0.1, -0.05) is 72.8 Å². The minimum atomic E-state index is -1.67. The van der Waals surface area contributed by atoms with Crippen LogP contribution in [-0.4, -0.2) is 67.2 Å². The summed E-state index contributed by atoms with van der Waals surface area (Å²) in [5.74, 6) is -1.35. The Hall–Kier alpha value is -5.95. The molecule has 0 bridgehead atoms. The van der Waals surface area contributed by atoms with Gasteiger partial charge in [0.1, 0.15) is 17.1 Å². The normalized spacial score (nSPS) is 12.7. The number of aromatic nitrogens is 5. The van der Waals surface area contributed by atoms with E-state index in [1.54, 1.807) is 31.2 Å². The van der Waals surface area contributed by atoms with Crippen molar-refractivity contribution in [1.29, 1.82) is 0 Å². The highest BCUT2D eigenvalue weighted by atomic mass is 16.5. The third-order valence-electron chi connectivity index (χ3n) is 7.22. The molecule has 2 heterocycles. The summed E-state index contributed by atoms with van der Waals surface area (Å²) < 4.78 is 5.64. The van der Waals surface area contributed by atoms with E-state index in [1.165, 1.54) is 12.1 Å². The fraction of sp³-hybridized carbons (Fsp3) is 0.206. The molecule has 0 aliphatic carbocycles. The molecule has 47 heavy (non-hydrogen) atoms. The number of pyridine rings is 1. The van der Waals surface area contributed by atoms with Crippen molar-refractivity contribution in [3.8, 4) is 17.1 Å². The highest BCUT2D eigenvalue weighted by Crippen LogP contribution is 2.20. The first-order chi connectivity index (χ1) is 22.8. The molecule has 0 unspecified atom stereocenters. The number of carbonyl (C=O) groups excluding carboxylic acids is 3. The number of ether oxygens (including phenoxy) is 1. The number of tetrazole rings is 1. The van der Waals surface area contributed by atoms with Crippen LogP contribution in [0, 0.1) is 0 Å². The molecule has 2 aromatic heterocycles. The Kier molecular flexibility index (Phi) is 10.6. The zero-order valence-corrected chi connectivity index (χ0v) is 25.8. The Bertz CT molecular complexity index is 1800. The lowest BCUT2D eigenvalue weighted by atomic mass is 10.00. The van der Waals surface area contributed by atoms with Crippen molar-refractivity contribution < 1.29 is 24.2 Å². The zero-order valence-electron chi connectivity index (χ0n) is 25.8. The molecule has 0 radical (unpaired) electrons. The van der Waals surface area contributed by atoms with Crippen LogP contribution in [0.15, 0.2) is 97.1 Å². The van der Waals surface area contributed by atoms with Crippen LogP contribution in [0.4, 0.5) is 5.69 Å². The molecule has 240 valence electrons. The molecule has 3 atom stereocenters. The first kappa shape index (κ1) is 32.4. The van der Waals surface area contributed by atoms with Crippen LogP contribution in [0.2, 0.25) is 0 Å². The van der Waals surface area contributed by atoms with Crippen LogP contribution in [0.1, 0.15) is 52.0 Å². The number of anilines is 1. The molecule has 0 saturated carbocycles. The molecule has 5 N–H and O–H groups in total. The number of H-pyrrole nitrogens is 1. The summed E-state index contributed by atoms with van der Waals surface area (Å²) in [4.78, 5) is 44.5. The second-order valence-corrected chi connectivity index (χ2v) is 10.6. The van der Waals surface area contributed by atoms with E-state index in [9.17, 15) is 19.5 Å². The number of rotatable bonds is 13. The largest absolute Gasteiger partial charge is 0.494 e. The van der Waals surface area contributed by atoms with Crippen molar-refractivity contribution in [3.05, 3.63) is 120 Å². The Morgan fingerprint density at radius 1 is 0.872 bits per heavy atom. The monoisotopic (exact) mass is 634 g/mol. The van der Waals surface area contributed by atoms with Crippen LogP contribution in [0.3, 0.4) is 0 Å². The van der Waals surface area contributed by atoms with Crippen molar-refractivity contribution in [1.82, 2.24) is 36.2 Å². The number of nitrogens with one attached hydrogen (secondary N) is 4. The van der Waals surface area contributed by atoms with E-state index in [4.69, 9.17) is 4.74 Å². The number of hydrogen-bond donors (Lipinski definition) is 5. The van der Waals surface area contributed by atoms with Gasteiger partial charge in [-0.25, -0.2) is 4.98 Å². The summed E-state index contributed by atoms with van der Waals surface area (Å²) >= 11 is 0. The summed E-state index contributed by atoms with van der Waals surface area (Å²) in [7, 11) is 0. The van der Waals surface area contributed by atoms with E-state index in [0.29, 0.717) is 17.1 Å². The Balaban J connectivity index is 1.36. The van der Waals surface area contributed by atoms with Gasteiger partial charge in [0, 0.05) is 23.4 Å². The summed E-state index contributed by atoms with van der Waals surface area (Å²) in [5.41, 5.74) is 2.51. The van der Waals surface area contributed by atoms with Crippen LogP contribution in [-0.2, 0) is 11.2 Å². The lowest BCUT2D eigenvalue weighted by Crippen LogP contribution is -2.50. The number of amides is 3. The number of hydrogen-bond acceptors (Lipinski definition) is 9. The van der Waals surface area contributed by atoms with Gasteiger partial charge in [-0.2, -0.15) is 5.21 Å². The summed E-state index contributed by atoms with van der Waals surface area (Å²) in [5, 5.41) is 33.4. The van der Waals surface area contributed by atoms with Crippen molar-refractivity contribution in [2.75, 3.05) is 11.9 Å². The first-order valence-corrected chi connectivity index (χ1v) is 15.0. The topological polar surface area (TPSA) is 184 Å². The van der Waals surface area contributed by atoms with Crippen LogP contribution >= 0.6 is 0 Å². The molecular formula is C34H34N8O5. The molecule has 0 aliphatic heterocycles. The number of carbonyl (C=O) groups is 3. The minimum Gasteiger partial charge on any atom is -0.494 e. The first-order valence-electron chi connectivity index (χ1n) is 15.0. The number of nitrogens with zero attached hydrogens (tertiary/aromatic N) is 4. The molecule has 3 amide bonds. The molecule has 0 spiro atoms. The van der Waals surface area contributed by atoms with Gasteiger partial charge in [0.25, 0.3) is 17.7 Å². The number of aliphatic hydroxyl groups excluding tert-OH is 1. The fourth-order valence-electron chi connectivity index (χ4n) is 4.85. The zero-order chi connectivity index (χ0) is 33.2. The SMILES string of the molecule is CCOc1cc(C(=O)N[C@@H](Cc2ccccc2)[C@H](O)C(=O)Nc2cccc(-c3nn[nH]n3)c2)nc(C(=O)N[C@H](C)c2ccccc2)c1. The van der Waals surface area contributed by atoms with Crippen LogP contribution in [0.25, 0.3) is 11.4 Å². The lowest BCUT2D eigenvalue weighted by molar-refractivity contribution is -0.125. The molecule has 3 aromatic carbocycles. The van der Waals surface area contributed by atoms with E-state index in [2.05, 4.69) is 41.6 Å². The van der Waals surface area contributed by atoms with E-state index >= 15 is 0 Å². The molecular weight excluding hydrogens is 600 g/mol. The van der Waals surface area contributed by atoms with Crippen molar-refractivity contribution in [3.63, 3.8) is 0 Å². The van der Waals surface area contributed by atoms with E-state index < -0.39 is 29.9 Å². The maximum atomic E-state index is 13.7. The Labute approximate surface area is 270 Å². The lowest BCUT2D eigenvalue weighted by Gasteiger charge is -2.24. The second-order valence-electron chi connectivity index (χ2n) is 10.6. The molecule has 0 saturated heterocycles. The predicted molar refractivity (Wildman–Crippen MR) is 173 cm³/mol. The third-order valence-corrected chi connectivity index (χ3v) is 7.22. The third kappa shape index (κ3) is 8.61. The molecule has 5 rings (SSSR count). The maximum Gasteiger partial charge on any atom is 0.270 e. The van der Waals surface area contributed by atoms with Crippen molar-refractivity contribution >= 4 is 23.4 Å². The number of aromatic amines is 1.